The molecule has 1 N–H and O–H groups in total. The molecule has 134 valence electrons. The van der Waals surface area contributed by atoms with Crippen LogP contribution in [0, 0.1) is 0 Å². The molecule has 2 aromatic carbocycles. The fraction of sp³-hybridized carbons (Fsp3) is 0.316. The van der Waals surface area contributed by atoms with Crippen molar-refractivity contribution in [3.05, 3.63) is 59.7 Å². The van der Waals surface area contributed by atoms with Gasteiger partial charge in [0.25, 0.3) is 10.0 Å². The molecule has 0 saturated carbocycles. The Morgan fingerprint density at radius 1 is 1.12 bits per heavy atom. The fourth-order valence-electron chi connectivity index (χ4n) is 2.35. The van der Waals surface area contributed by atoms with Gasteiger partial charge >= 0.3 is 5.97 Å². The number of carbonyl (C=O) groups is 1. The highest BCUT2D eigenvalue weighted by Crippen LogP contribution is 2.22. The molecule has 0 aliphatic carbocycles. The highest BCUT2D eigenvalue weighted by molar-refractivity contribution is 7.92. The van der Waals surface area contributed by atoms with Crippen LogP contribution >= 0.6 is 0 Å². The summed E-state index contributed by atoms with van der Waals surface area (Å²) in [6, 6.07) is 13.1. The zero-order chi connectivity index (χ0) is 18.4. The molecule has 2 rings (SSSR count). The quantitative estimate of drug-likeness (QED) is 0.751. The molecule has 0 aliphatic heterocycles. The number of ether oxygens (including phenoxy) is 1. The minimum absolute atomic E-state index is 0.182. The topological polar surface area (TPSA) is 72.5 Å². The number of hydrogen-bond donors (Lipinski definition) is 1. The lowest BCUT2D eigenvalue weighted by atomic mass is 9.99. The lowest BCUT2D eigenvalue weighted by molar-refractivity contribution is 0.0526. The van der Waals surface area contributed by atoms with E-state index in [1.165, 1.54) is 6.07 Å². The molecule has 0 saturated heterocycles. The second-order valence-electron chi connectivity index (χ2n) is 5.79. The van der Waals surface area contributed by atoms with E-state index in [1.807, 2.05) is 12.1 Å². The third kappa shape index (κ3) is 4.82. The summed E-state index contributed by atoms with van der Waals surface area (Å²) >= 11 is 0. The van der Waals surface area contributed by atoms with Gasteiger partial charge in [0.2, 0.25) is 0 Å². The first kappa shape index (κ1) is 19.0. The van der Waals surface area contributed by atoms with Gasteiger partial charge in [0.1, 0.15) is 0 Å². The van der Waals surface area contributed by atoms with Gasteiger partial charge in [0.05, 0.1) is 17.1 Å². The maximum atomic E-state index is 12.5. The highest BCUT2D eigenvalue weighted by atomic mass is 32.2. The van der Waals surface area contributed by atoms with Gasteiger partial charge in [-0.25, -0.2) is 13.2 Å². The van der Waals surface area contributed by atoms with Gasteiger partial charge in [-0.1, -0.05) is 32.0 Å². The van der Waals surface area contributed by atoms with Crippen molar-refractivity contribution in [1.82, 2.24) is 0 Å². The van der Waals surface area contributed by atoms with E-state index in [1.54, 1.807) is 37.3 Å². The van der Waals surface area contributed by atoms with E-state index in [0.717, 1.165) is 12.0 Å². The Labute approximate surface area is 149 Å². The second-order valence-corrected chi connectivity index (χ2v) is 7.47. The fourth-order valence-corrected chi connectivity index (χ4v) is 3.40. The van der Waals surface area contributed by atoms with Crippen molar-refractivity contribution >= 4 is 21.7 Å². The molecule has 0 amide bonds. The van der Waals surface area contributed by atoms with Crippen LogP contribution < -0.4 is 4.72 Å². The minimum atomic E-state index is -3.72. The molecule has 0 radical (unpaired) electrons. The number of nitrogens with one attached hydrogen (secondary N) is 1. The maximum Gasteiger partial charge on any atom is 0.338 e. The van der Waals surface area contributed by atoms with E-state index >= 15 is 0 Å². The smallest absolute Gasteiger partial charge is 0.338 e. The summed E-state index contributed by atoms with van der Waals surface area (Å²) in [6.45, 7) is 6.17. The second kappa shape index (κ2) is 8.16. The van der Waals surface area contributed by atoms with Crippen LogP contribution in [0.2, 0.25) is 0 Å². The Bertz CT molecular complexity index is 829. The van der Waals surface area contributed by atoms with Crippen molar-refractivity contribution in [1.29, 1.82) is 0 Å². The standard InChI is InChI=1S/C19H23NO4S/c1-4-14(3)15-9-11-18(12-10-15)25(22,23)20-17-8-6-7-16(13-17)19(21)24-5-2/h6-14,20H,4-5H2,1-3H3. The zero-order valence-electron chi connectivity index (χ0n) is 14.7. The van der Waals surface area contributed by atoms with E-state index in [4.69, 9.17) is 4.74 Å². The van der Waals surface area contributed by atoms with E-state index in [9.17, 15) is 13.2 Å². The number of anilines is 1. The van der Waals surface area contributed by atoms with Crippen LogP contribution in [0.1, 0.15) is 49.0 Å². The van der Waals surface area contributed by atoms with E-state index in [-0.39, 0.29) is 11.5 Å². The number of rotatable bonds is 7. The molecule has 5 nitrogen and oxygen atoms in total. The predicted octanol–water partition coefficient (Wildman–Crippen LogP) is 4.18. The predicted molar refractivity (Wildman–Crippen MR) is 98.4 cm³/mol. The normalized spacial score (nSPS) is 12.4. The third-order valence-corrected chi connectivity index (χ3v) is 5.39. The molecule has 0 spiro atoms. The van der Waals surface area contributed by atoms with Gasteiger partial charge in [-0.05, 0) is 55.2 Å². The first-order valence-corrected chi connectivity index (χ1v) is 9.75. The van der Waals surface area contributed by atoms with Gasteiger partial charge in [-0.2, -0.15) is 0 Å². The molecule has 0 fully saturated rings. The first-order chi connectivity index (χ1) is 11.9. The van der Waals surface area contributed by atoms with E-state index in [2.05, 4.69) is 18.6 Å². The van der Waals surface area contributed by atoms with Crippen LogP contribution in [0.15, 0.2) is 53.4 Å². The van der Waals surface area contributed by atoms with E-state index < -0.39 is 16.0 Å². The van der Waals surface area contributed by atoms with Gasteiger partial charge in [-0.15, -0.1) is 0 Å². The molecule has 0 bridgehead atoms. The Morgan fingerprint density at radius 2 is 1.80 bits per heavy atom. The maximum absolute atomic E-state index is 12.5. The largest absolute Gasteiger partial charge is 0.462 e. The Balaban J connectivity index is 2.21. The van der Waals surface area contributed by atoms with Gasteiger partial charge < -0.3 is 4.74 Å². The van der Waals surface area contributed by atoms with Crippen molar-refractivity contribution in [2.45, 2.75) is 38.0 Å². The van der Waals surface area contributed by atoms with Crippen LogP contribution in [-0.2, 0) is 14.8 Å². The first-order valence-electron chi connectivity index (χ1n) is 8.27. The zero-order valence-corrected chi connectivity index (χ0v) is 15.5. The Kier molecular flexibility index (Phi) is 6.20. The molecule has 6 heteroatoms. The minimum Gasteiger partial charge on any atom is -0.462 e. The third-order valence-electron chi connectivity index (χ3n) is 4.00. The van der Waals surface area contributed by atoms with E-state index in [0.29, 0.717) is 17.2 Å². The van der Waals surface area contributed by atoms with Crippen molar-refractivity contribution in [3.63, 3.8) is 0 Å². The Hall–Kier alpha value is -2.34. The van der Waals surface area contributed by atoms with Crippen molar-refractivity contribution in [2.24, 2.45) is 0 Å². The van der Waals surface area contributed by atoms with Crippen molar-refractivity contribution in [3.8, 4) is 0 Å². The molecule has 0 heterocycles. The number of sulfonamides is 1. The number of carbonyl (C=O) groups excluding carboxylic acids is 1. The summed E-state index contributed by atoms with van der Waals surface area (Å²) in [6.07, 6.45) is 0.991. The van der Waals surface area contributed by atoms with Crippen LogP contribution in [-0.4, -0.2) is 21.0 Å². The highest BCUT2D eigenvalue weighted by Gasteiger charge is 2.16. The molecule has 25 heavy (non-hydrogen) atoms. The summed E-state index contributed by atoms with van der Waals surface area (Å²) < 4.78 is 32.5. The molecular formula is C19H23NO4S. The molecule has 1 unspecified atom stereocenters. The van der Waals surface area contributed by atoms with Gasteiger partial charge in [0, 0.05) is 5.69 Å². The number of hydrogen-bond acceptors (Lipinski definition) is 4. The van der Waals surface area contributed by atoms with Crippen molar-refractivity contribution < 1.29 is 17.9 Å². The van der Waals surface area contributed by atoms with Crippen molar-refractivity contribution in [2.75, 3.05) is 11.3 Å². The van der Waals surface area contributed by atoms with Crippen LogP contribution in [0.4, 0.5) is 5.69 Å². The SMILES string of the molecule is CCOC(=O)c1cccc(NS(=O)(=O)c2ccc(C(C)CC)cc2)c1. The summed E-state index contributed by atoms with van der Waals surface area (Å²) in [5.74, 6) is -0.104. The van der Waals surface area contributed by atoms with Crippen LogP contribution in [0.3, 0.4) is 0 Å². The molecule has 2 aromatic rings. The molecule has 1 atom stereocenters. The molecular weight excluding hydrogens is 338 g/mol. The monoisotopic (exact) mass is 361 g/mol. The summed E-state index contributed by atoms with van der Waals surface area (Å²) in [5, 5.41) is 0. The summed E-state index contributed by atoms with van der Waals surface area (Å²) in [4.78, 5) is 11.9. The number of benzene rings is 2. The van der Waals surface area contributed by atoms with Crippen LogP contribution in [0.25, 0.3) is 0 Å². The van der Waals surface area contributed by atoms with Gasteiger partial charge in [0.15, 0.2) is 0 Å². The van der Waals surface area contributed by atoms with Gasteiger partial charge in [-0.3, -0.25) is 4.72 Å². The average molecular weight is 361 g/mol. The summed E-state index contributed by atoms with van der Waals surface area (Å²) in [5.41, 5.74) is 1.72. The van der Waals surface area contributed by atoms with Crippen LogP contribution in [0.5, 0.6) is 0 Å². The average Bonchev–Trinajstić information content (AvgIpc) is 2.61. The lowest BCUT2D eigenvalue weighted by Crippen LogP contribution is -2.14. The summed E-state index contributed by atoms with van der Waals surface area (Å²) in [7, 11) is -3.72. The molecule has 0 aliphatic rings. The lowest BCUT2D eigenvalue weighted by Gasteiger charge is -2.12. The molecule has 0 aromatic heterocycles. The Morgan fingerprint density at radius 3 is 2.40 bits per heavy atom. The number of esters is 1.